The third-order valence-electron chi connectivity index (χ3n) is 4.88. The Balaban J connectivity index is 2.00. The van der Waals surface area contributed by atoms with Gasteiger partial charge in [-0.2, -0.15) is 0 Å². The van der Waals surface area contributed by atoms with Crippen molar-refractivity contribution >= 4 is 17.7 Å². The van der Waals surface area contributed by atoms with Crippen molar-refractivity contribution in [1.29, 1.82) is 0 Å². The van der Waals surface area contributed by atoms with Crippen molar-refractivity contribution in [3.05, 3.63) is 24.0 Å². The minimum atomic E-state index is -1.90. The number of unbranched alkanes of at least 4 members (excludes halogenated alkanes) is 1. The standard InChI is InChI=1S/C21H31N3O9/c1-14(26)21(29,12-24-10-17(22-23-24)6-4-5-9-25)13-31-20-8-7-18(32-16(3)28)19(33-20)11-30-15(2)27/h7-8,10,18-20,25,29H,4-6,9,11-13H2,1-3H3/t18-,19+,20-,21?/m0/s1. The van der Waals surface area contributed by atoms with E-state index in [2.05, 4.69) is 10.3 Å². The van der Waals surface area contributed by atoms with E-state index in [9.17, 15) is 19.5 Å². The molecule has 0 aromatic carbocycles. The number of esters is 2. The highest BCUT2D eigenvalue weighted by Gasteiger charge is 2.37. The van der Waals surface area contributed by atoms with E-state index in [0.29, 0.717) is 18.5 Å². The molecule has 0 radical (unpaired) electrons. The van der Waals surface area contributed by atoms with Crippen molar-refractivity contribution in [2.75, 3.05) is 19.8 Å². The Kier molecular flexibility index (Phi) is 10.1. The first-order valence-corrected chi connectivity index (χ1v) is 10.6. The normalized spacial score (nSPS) is 21.9. The fourth-order valence-electron chi connectivity index (χ4n) is 3.05. The lowest BCUT2D eigenvalue weighted by molar-refractivity contribution is -0.211. The SMILES string of the molecule is CC(=O)OC[C@H]1O[C@H](OCC(O)(Cn2cc(CCCCO)nn2)C(C)=O)C=C[C@@H]1OC(C)=O. The van der Waals surface area contributed by atoms with E-state index in [1.165, 1.54) is 37.6 Å². The summed E-state index contributed by atoms with van der Waals surface area (Å²) in [5, 5.41) is 27.7. The Hall–Kier alpha value is -2.67. The lowest BCUT2D eigenvalue weighted by Gasteiger charge is -2.33. The number of Topliss-reactive ketones (excluding diaryl/α,β-unsaturated/α-hetero) is 1. The Morgan fingerprint density at radius 1 is 1.18 bits per heavy atom. The first-order chi connectivity index (χ1) is 15.6. The maximum absolute atomic E-state index is 12.2. The van der Waals surface area contributed by atoms with Gasteiger partial charge in [-0.15, -0.1) is 5.10 Å². The van der Waals surface area contributed by atoms with Crippen molar-refractivity contribution in [1.82, 2.24) is 15.0 Å². The molecule has 0 saturated carbocycles. The molecular formula is C21H31N3O9. The smallest absolute Gasteiger partial charge is 0.303 e. The van der Waals surface area contributed by atoms with E-state index in [0.717, 1.165) is 6.42 Å². The van der Waals surface area contributed by atoms with Gasteiger partial charge in [0.25, 0.3) is 0 Å². The Labute approximate surface area is 191 Å². The Morgan fingerprint density at radius 2 is 1.94 bits per heavy atom. The first-order valence-electron chi connectivity index (χ1n) is 10.6. The molecule has 12 heteroatoms. The van der Waals surface area contributed by atoms with Gasteiger partial charge in [-0.3, -0.25) is 14.4 Å². The molecule has 0 amide bonds. The predicted molar refractivity (Wildman–Crippen MR) is 112 cm³/mol. The van der Waals surface area contributed by atoms with Gasteiger partial charge >= 0.3 is 11.9 Å². The molecule has 0 bridgehead atoms. The number of aliphatic hydroxyl groups excluding tert-OH is 1. The van der Waals surface area contributed by atoms with Crippen LogP contribution in [0.25, 0.3) is 0 Å². The van der Waals surface area contributed by atoms with Crippen LogP contribution in [0.5, 0.6) is 0 Å². The van der Waals surface area contributed by atoms with Crippen LogP contribution in [0.1, 0.15) is 39.3 Å². The molecule has 12 nitrogen and oxygen atoms in total. The second-order valence-corrected chi connectivity index (χ2v) is 7.79. The molecule has 1 unspecified atom stereocenters. The van der Waals surface area contributed by atoms with E-state index >= 15 is 0 Å². The molecule has 184 valence electrons. The summed E-state index contributed by atoms with van der Waals surface area (Å²) in [6.45, 7) is 3.05. The fraction of sp³-hybridized carbons (Fsp3) is 0.667. The van der Waals surface area contributed by atoms with E-state index in [1.807, 2.05) is 0 Å². The molecule has 1 aromatic rings. The fourth-order valence-corrected chi connectivity index (χ4v) is 3.05. The van der Waals surface area contributed by atoms with E-state index in [1.54, 1.807) is 6.20 Å². The van der Waals surface area contributed by atoms with Crippen LogP contribution < -0.4 is 0 Å². The van der Waals surface area contributed by atoms with Crippen molar-refractivity contribution in [2.24, 2.45) is 0 Å². The third kappa shape index (κ3) is 8.65. The molecule has 0 fully saturated rings. The summed E-state index contributed by atoms with van der Waals surface area (Å²) < 4.78 is 22.8. The molecule has 1 aromatic heterocycles. The first kappa shape index (κ1) is 26.6. The molecule has 2 N–H and O–H groups in total. The van der Waals surface area contributed by atoms with Gasteiger partial charge in [-0.1, -0.05) is 5.21 Å². The molecule has 1 aliphatic heterocycles. The number of aliphatic hydroxyl groups is 2. The van der Waals surface area contributed by atoms with Crippen LogP contribution in [-0.2, 0) is 46.3 Å². The predicted octanol–water partition coefficient (Wildman–Crippen LogP) is -0.294. The summed E-state index contributed by atoms with van der Waals surface area (Å²) in [4.78, 5) is 34.6. The topological polar surface area (TPSA) is 159 Å². The largest absolute Gasteiger partial charge is 0.463 e. The van der Waals surface area contributed by atoms with Gasteiger partial charge in [0.2, 0.25) is 0 Å². The summed E-state index contributed by atoms with van der Waals surface area (Å²) in [5.74, 6) is -1.59. The molecular weight excluding hydrogens is 438 g/mol. The van der Waals surface area contributed by atoms with E-state index < -0.39 is 48.4 Å². The summed E-state index contributed by atoms with van der Waals surface area (Å²) in [7, 11) is 0. The summed E-state index contributed by atoms with van der Waals surface area (Å²) in [6, 6.07) is 0. The Morgan fingerprint density at radius 3 is 2.58 bits per heavy atom. The average molecular weight is 469 g/mol. The van der Waals surface area contributed by atoms with Crippen LogP contribution in [0.4, 0.5) is 0 Å². The highest BCUT2D eigenvalue weighted by atomic mass is 16.7. The van der Waals surface area contributed by atoms with Crippen LogP contribution in [0.3, 0.4) is 0 Å². The molecule has 1 aliphatic rings. The van der Waals surface area contributed by atoms with Crippen LogP contribution in [0, 0.1) is 0 Å². The van der Waals surface area contributed by atoms with Gasteiger partial charge in [0.15, 0.2) is 17.7 Å². The Bertz CT molecular complexity index is 841. The number of hydrogen-bond acceptors (Lipinski definition) is 11. The molecule has 33 heavy (non-hydrogen) atoms. The lowest BCUT2D eigenvalue weighted by Crippen LogP contribution is -2.48. The van der Waals surface area contributed by atoms with Gasteiger partial charge in [0, 0.05) is 26.7 Å². The number of ketones is 1. The quantitative estimate of drug-likeness (QED) is 0.222. The minimum absolute atomic E-state index is 0.0939. The number of rotatable bonds is 13. The van der Waals surface area contributed by atoms with Crippen LogP contribution in [0.15, 0.2) is 18.3 Å². The number of aryl methyl sites for hydroxylation is 1. The number of carbonyl (C=O) groups is 3. The summed E-state index contributed by atoms with van der Waals surface area (Å²) in [5.41, 5.74) is -1.22. The zero-order chi connectivity index (χ0) is 24.4. The van der Waals surface area contributed by atoms with Crippen LogP contribution >= 0.6 is 0 Å². The van der Waals surface area contributed by atoms with E-state index in [4.69, 9.17) is 24.1 Å². The molecule has 2 rings (SSSR count). The number of ether oxygens (including phenoxy) is 4. The van der Waals surface area contributed by atoms with Crippen LogP contribution in [0.2, 0.25) is 0 Å². The number of nitrogens with zero attached hydrogens (tertiary/aromatic N) is 3. The lowest BCUT2D eigenvalue weighted by atomic mass is 10.0. The average Bonchev–Trinajstić information content (AvgIpc) is 3.18. The zero-order valence-corrected chi connectivity index (χ0v) is 19.0. The van der Waals surface area contributed by atoms with Gasteiger partial charge in [0.05, 0.1) is 18.8 Å². The van der Waals surface area contributed by atoms with Gasteiger partial charge in [-0.05, 0) is 38.3 Å². The van der Waals surface area contributed by atoms with Crippen molar-refractivity contribution in [3.63, 3.8) is 0 Å². The second-order valence-electron chi connectivity index (χ2n) is 7.79. The van der Waals surface area contributed by atoms with Crippen molar-refractivity contribution < 1.29 is 43.5 Å². The minimum Gasteiger partial charge on any atom is -0.463 e. The van der Waals surface area contributed by atoms with Gasteiger partial charge < -0.3 is 29.2 Å². The molecule has 0 spiro atoms. The summed E-state index contributed by atoms with van der Waals surface area (Å²) in [6.07, 6.45) is 4.05. The van der Waals surface area contributed by atoms with E-state index in [-0.39, 0.29) is 19.8 Å². The van der Waals surface area contributed by atoms with Crippen molar-refractivity contribution in [3.8, 4) is 0 Å². The van der Waals surface area contributed by atoms with Crippen molar-refractivity contribution in [2.45, 2.75) is 70.7 Å². The monoisotopic (exact) mass is 469 g/mol. The number of carbonyl (C=O) groups excluding carboxylic acids is 3. The zero-order valence-electron chi connectivity index (χ0n) is 19.0. The summed E-state index contributed by atoms with van der Waals surface area (Å²) >= 11 is 0. The highest BCUT2D eigenvalue weighted by Crippen LogP contribution is 2.20. The molecule has 0 aliphatic carbocycles. The van der Waals surface area contributed by atoms with Crippen LogP contribution in [-0.4, -0.2) is 86.8 Å². The maximum Gasteiger partial charge on any atom is 0.303 e. The molecule has 2 heterocycles. The van der Waals surface area contributed by atoms with Gasteiger partial charge in [0.1, 0.15) is 18.8 Å². The molecule has 0 saturated heterocycles. The number of hydrogen-bond donors (Lipinski definition) is 2. The van der Waals surface area contributed by atoms with Gasteiger partial charge in [-0.25, -0.2) is 4.68 Å². The maximum atomic E-state index is 12.2. The highest BCUT2D eigenvalue weighted by molar-refractivity contribution is 5.84. The second kappa shape index (κ2) is 12.5. The number of aromatic nitrogens is 3. The molecule has 4 atom stereocenters. The third-order valence-corrected chi connectivity index (χ3v) is 4.88.